The number of ether oxygens (including phenoxy) is 2. The van der Waals surface area contributed by atoms with Gasteiger partial charge in [-0.3, -0.25) is 10.1 Å². The first-order chi connectivity index (χ1) is 14.4. The molecule has 2 aromatic rings. The number of amides is 1. The van der Waals surface area contributed by atoms with Crippen LogP contribution < -0.4 is 25.0 Å². The predicted molar refractivity (Wildman–Crippen MR) is 124 cm³/mol. The minimum absolute atomic E-state index is 0.187. The summed E-state index contributed by atoms with van der Waals surface area (Å²) < 4.78 is 10.5. The summed E-state index contributed by atoms with van der Waals surface area (Å²) in [5, 5.41) is 6.65. The van der Waals surface area contributed by atoms with Crippen LogP contribution in [-0.2, 0) is 0 Å². The number of thiocarbonyl (C=S) groups is 1. The lowest BCUT2D eigenvalue weighted by atomic mass is 10.2. The van der Waals surface area contributed by atoms with Crippen LogP contribution in [0.25, 0.3) is 0 Å². The molecule has 0 aromatic heterocycles. The van der Waals surface area contributed by atoms with Crippen LogP contribution in [0.3, 0.4) is 0 Å². The third kappa shape index (κ3) is 5.13. The number of hydrogen-bond acceptors (Lipinski definition) is 6. The van der Waals surface area contributed by atoms with Crippen LogP contribution in [0.1, 0.15) is 10.4 Å². The molecule has 0 aliphatic carbocycles. The zero-order valence-electron chi connectivity index (χ0n) is 17.2. The molecule has 30 heavy (non-hydrogen) atoms. The van der Waals surface area contributed by atoms with Crippen LogP contribution in [0.15, 0.2) is 36.4 Å². The molecular formula is C21H25ClN4O3S. The number of nitrogens with zero attached hydrogens (tertiary/aromatic N) is 2. The first kappa shape index (κ1) is 22.1. The fourth-order valence-electron chi connectivity index (χ4n) is 3.27. The molecule has 2 N–H and O–H groups in total. The third-order valence-corrected chi connectivity index (χ3v) is 5.44. The Kier molecular flexibility index (Phi) is 7.36. The fourth-order valence-corrected chi connectivity index (χ4v) is 3.77. The van der Waals surface area contributed by atoms with Crippen LogP contribution in [-0.4, -0.2) is 63.4 Å². The molecule has 1 aliphatic heterocycles. The second kappa shape index (κ2) is 9.97. The van der Waals surface area contributed by atoms with E-state index in [0.717, 1.165) is 37.6 Å². The molecule has 0 saturated carbocycles. The quantitative estimate of drug-likeness (QED) is 0.680. The van der Waals surface area contributed by atoms with Crippen LogP contribution in [0, 0.1) is 0 Å². The van der Waals surface area contributed by atoms with Crippen molar-refractivity contribution in [2.75, 3.05) is 57.7 Å². The van der Waals surface area contributed by atoms with E-state index in [1.54, 1.807) is 25.3 Å². The van der Waals surface area contributed by atoms with Gasteiger partial charge in [0.2, 0.25) is 0 Å². The van der Waals surface area contributed by atoms with Gasteiger partial charge in [0, 0.05) is 31.7 Å². The summed E-state index contributed by atoms with van der Waals surface area (Å²) in [7, 11) is 5.16. The van der Waals surface area contributed by atoms with Gasteiger partial charge in [0.1, 0.15) is 0 Å². The Bertz CT molecular complexity index is 932. The predicted octanol–water partition coefficient (Wildman–Crippen LogP) is 3.24. The first-order valence-corrected chi connectivity index (χ1v) is 10.3. The number of hydrogen-bond donors (Lipinski definition) is 2. The van der Waals surface area contributed by atoms with Gasteiger partial charge in [0.05, 0.1) is 30.6 Å². The molecule has 0 radical (unpaired) electrons. The molecule has 9 heteroatoms. The number of methoxy groups -OCH3 is 2. The fraction of sp³-hybridized carbons (Fsp3) is 0.333. The van der Waals surface area contributed by atoms with E-state index in [2.05, 4.69) is 27.5 Å². The van der Waals surface area contributed by atoms with Gasteiger partial charge in [-0.25, -0.2) is 0 Å². The van der Waals surface area contributed by atoms with Gasteiger partial charge < -0.3 is 24.6 Å². The number of para-hydroxylation sites is 1. The number of benzene rings is 2. The highest BCUT2D eigenvalue weighted by molar-refractivity contribution is 7.80. The molecule has 0 spiro atoms. The Hall–Kier alpha value is -2.55. The normalized spacial score (nSPS) is 14.2. The van der Waals surface area contributed by atoms with E-state index in [0.29, 0.717) is 22.1 Å². The summed E-state index contributed by atoms with van der Waals surface area (Å²) in [5.41, 5.74) is 2.04. The number of rotatable bonds is 5. The van der Waals surface area contributed by atoms with E-state index in [9.17, 15) is 4.79 Å². The van der Waals surface area contributed by atoms with E-state index in [1.165, 1.54) is 7.11 Å². The molecule has 2 aromatic carbocycles. The van der Waals surface area contributed by atoms with Crippen LogP contribution >= 0.6 is 23.8 Å². The van der Waals surface area contributed by atoms with Crippen LogP contribution in [0.4, 0.5) is 11.4 Å². The second-order valence-electron chi connectivity index (χ2n) is 6.90. The van der Waals surface area contributed by atoms with Crippen molar-refractivity contribution in [3.05, 3.63) is 47.0 Å². The van der Waals surface area contributed by atoms with E-state index in [-0.39, 0.29) is 11.0 Å². The second-order valence-corrected chi connectivity index (χ2v) is 7.72. The highest BCUT2D eigenvalue weighted by Gasteiger charge is 2.20. The number of anilines is 2. The van der Waals surface area contributed by atoms with Gasteiger partial charge in [-0.1, -0.05) is 17.7 Å². The van der Waals surface area contributed by atoms with Crippen LogP contribution in [0.2, 0.25) is 5.02 Å². The molecule has 3 rings (SSSR count). The van der Waals surface area contributed by atoms with Gasteiger partial charge in [-0.15, -0.1) is 0 Å². The molecule has 1 aliphatic rings. The van der Waals surface area contributed by atoms with Crippen molar-refractivity contribution in [1.82, 2.24) is 10.2 Å². The summed E-state index contributed by atoms with van der Waals surface area (Å²) in [5.74, 6) is 0.665. The lowest BCUT2D eigenvalue weighted by Gasteiger charge is -2.35. The zero-order valence-corrected chi connectivity index (χ0v) is 18.8. The standard InChI is InChI=1S/C21H25ClN4O3S/c1-25-9-11-26(12-10-25)19-15(22)5-4-6-16(19)23-21(30)24-20(27)14-7-8-17(28-2)18(13-14)29-3/h4-8,13H,9-12H2,1-3H3,(H2,23,24,27,30). The SMILES string of the molecule is COc1ccc(C(=O)NC(=S)Nc2cccc(Cl)c2N2CCN(C)CC2)cc1OC. The van der Waals surface area contributed by atoms with Gasteiger partial charge >= 0.3 is 0 Å². The lowest BCUT2D eigenvalue weighted by Crippen LogP contribution is -2.45. The Balaban J connectivity index is 1.72. The Morgan fingerprint density at radius 2 is 1.77 bits per heavy atom. The average molecular weight is 449 g/mol. The highest BCUT2D eigenvalue weighted by Crippen LogP contribution is 2.34. The number of nitrogens with one attached hydrogen (secondary N) is 2. The average Bonchev–Trinajstić information content (AvgIpc) is 2.74. The van der Waals surface area contributed by atoms with Crippen LogP contribution in [0.5, 0.6) is 11.5 Å². The van der Waals surface area contributed by atoms with E-state index < -0.39 is 0 Å². The van der Waals surface area contributed by atoms with E-state index >= 15 is 0 Å². The minimum atomic E-state index is -0.350. The maximum absolute atomic E-state index is 12.6. The maximum atomic E-state index is 12.6. The number of likely N-dealkylation sites (N-methyl/N-ethyl adjacent to an activating group) is 1. The topological polar surface area (TPSA) is 66.1 Å². The summed E-state index contributed by atoms with van der Waals surface area (Å²) in [6, 6.07) is 10.5. The first-order valence-electron chi connectivity index (χ1n) is 9.49. The summed E-state index contributed by atoms with van der Waals surface area (Å²) in [4.78, 5) is 17.1. The minimum Gasteiger partial charge on any atom is -0.493 e. The summed E-state index contributed by atoms with van der Waals surface area (Å²) in [6.07, 6.45) is 0. The molecule has 0 unspecified atom stereocenters. The van der Waals surface area contributed by atoms with Crippen molar-refractivity contribution in [2.24, 2.45) is 0 Å². The number of piperazine rings is 1. The van der Waals surface area contributed by atoms with Crippen molar-refractivity contribution < 1.29 is 14.3 Å². The summed E-state index contributed by atoms with van der Waals surface area (Å²) in [6.45, 7) is 3.62. The number of carbonyl (C=O) groups excluding carboxylic acids is 1. The van der Waals surface area contributed by atoms with Gasteiger partial charge in [-0.2, -0.15) is 0 Å². The molecule has 1 amide bonds. The van der Waals surface area contributed by atoms with Crippen molar-refractivity contribution >= 4 is 46.2 Å². The van der Waals surface area contributed by atoms with Gasteiger partial charge in [-0.05, 0) is 49.6 Å². The van der Waals surface area contributed by atoms with Crippen molar-refractivity contribution in [3.63, 3.8) is 0 Å². The molecule has 7 nitrogen and oxygen atoms in total. The van der Waals surface area contributed by atoms with Gasteiger partial charge in [0.25, 0.3) is 5.91 Å². The smallest absolute Gasteiger partial charge is 0.257 e. The molecule has 1 heterocycles. The molecule has 1 fully saturated rings. The largest absolute Gasteiger partial charge is 0.493 e. The van der Waals surface area contributed by atoms with Crippen molar-refractivity contribution in [1.29, 1.82) is 0 Å². The Morgan fingerprint density at radius 3 is 2.43 bits per heavy atom. The summed E-state index contributed by atoms with van der Waals surface area (Å²) >= 11 is 11.9. The monoisotopic (exact) mass is 448 g/mol. The molecule has 0 atom stereocenters. The Labute approximate surface area is 186 Å². The number of carbonyl (C=O) groups is 1. The Morgan fingerprint density at radius 1 is 1.07 bits per heavy atom. The lowest BCUT2D eigenvalue weighted by molar-refractivity contribution is 0.0977. The highest BCUT2D eigenvalue weighted by atomic mass is 35.5. The van der Waals surface area contributed by atoms with E-state index in [4.69, 9.17) is 33.3 Å². The zero-order chi connectivity index (χ0) is 21.7. The maximum Gasteiger partial charge on any atom is 0.257 e. The van der Waals surface area contributed by atoms with Crippen molar-refractivity contribution in [2.45, 2.75) is 0 Å². The third-order valence-electron chi connectivity index (χ3n) is 4.93. The molecule has 160 valence electrons. The van der Waals surface area contributed by atoms with Gasteiger partial charge in [0.15, 0.2) is 16.6 Å². The van der Waals surface area contributed by atoms with Crippen molar-refractivity contribution in [3.8, 4) is 11.5 Å². The number of halogens is 1. The molecule has 1 saturated heterocycles. The molecule has 0 bridgehead atoms. The van der Waals surface area contributed by atoms with E-state index in [1.807, 2.05) is 18.2 Å². The molecular weight excluding hydrogens is 424 g/mol.